The summed E-state index contributed by atoms with van der Waals surface area (Å²) in [4.78, 5) is 18.3. The minimum Gasteiger partial charge on any atom is -0.496 e. The molecule has 0 aliphatic carbocycles. The SMILES string of the molecule is COc1cc(C=Nn2c(-c3cc4c(OC)cccc4o3)nc3ccccc3c2=O)cc(Cl)c1OCc1ccccc1F. The summed E-state index contributed by atoms with van der Waals surface area (Å²) in [5, 5.41) is 5.83. The van der Waals surface area contributed by atoms with E-state index in [4.69, 9.17) is 35.2 Å². The average molecular weight is 584 g/mol. The molecule has 0 saturated heterocycles. The van der Waals surface area contributed by atoms with Crippen LogP contribution < -0.4 is 19.8 Å². The van der Waals surface area contributed by atoms with Crippen molar-refractivity contribution in [3.63, 3.8) is 0 Å². The zero-order chi connectivity index (χ0) is 29.2. The Morgan fingerprint density at radius 1 is 0.952 bits per heavy atom. The molecule has 0 bridgehead atoms. The second-order valence-corrected chi connectivity index (χ2v) is 9.62. The van der Waals surface area contributed by atoms with Crippen LogP contribution in [-0.2, 0) is 6.61 Å². The summed E-state index contributed by atoms with van der Waals surface area (Å²) < 4.78 is 38.1. The van der Waals surface area contributed by atoms with E-state index in [0.29, 0.717) is 44.9 Å². The maximum atomic E-state index is 14.1. The van der Waals surface area contributed by atoms with Gasteiger partial charge in [-0.15, -0.1) is 0 Å². The summed E-state index contributed by atoms with van der Waals surface area (Å²) in [5.74, 6) is 1.34. The summed E-state index contributed by atoms with van der Waals surface area (Å²) in [6, 6.07) is 23.8. The maximum Gasteiger partial charge on any atom is 0.282 e. The molecule has 0 N–H and O–H groups in total. The van der Waals surface area contributed by atoms with Crippen molar-refractivity contribution in [3.8, 4) is 28.8 Å². The number of para-hydroxylation sites is 1. The highest BCUT2D eigenvalue weighted by atomic mass is 35.5. The number of benzene rings is 4. The molecule has 6 rings (SSSR count). The molecular formula is C32H23ClFN3O5. The molecule has 210 valence electrons. The van der Waals surface area contributed by atoms with E-state index in [1.54, 1.807) is 73.8 Å². The van der Waals surface area contributed by atoms with Crippen LogP contribution in [0.25, 0.3) is 33.5 Å². The Kier molecular flexibility index (Phi) is 7.33. The fourth-order valence-corrected chi connectivity index (χ4v) is 4.83. The standard InChI is InChI=1S/C32H23ClFN3O5/c1-39-26-12-7-13-27-22(26)16-29(42-27)31-36-25-11-6-4-9-21(25)32(38)37(31)35-17-19-14-23(33)30(28(15-19)40-2)41-18-20-8-3-5-10-24(20)34/h3-17H,18H2,1-2H3. The monoisotopic (exact) mass is 583 g/mol. The number of ether oxygens (including phenoxy) is 3. The first kappa shape index (κ1) is 27.0. The zero-order valence-electron chi connectivity index (χ0n) is 22.5. The maximum absolute atomic E-state index is 14.1. The summed E-state index contributed by atoms with van der Waals surface area (Å²) in [6.07, 6.45) is 1.46. The zero-order valence-corrected chi connectivity index (χ0v) is 23.3. The average Bonchev–Trinajstić information content (AvgIpc) is 3.45. The molecule has 2 aromatic heterocycles. The first-order valence-electron chi connectivity index (χ1n) is 12.8. The van der Waals surface area contributed by atoms with Gasteiger partial charge in [0, 0.05) is 5.56 Å². The number of fused-ring (bicyclic) bond motifs is 2. The van der Waals surface area contributed by atoms with E-state index < -0.39 is 0 Å². The molecule has 42 heavy (non-hydrogen) atoms. The minimum atomic E-state index is -0.387. The van der Waals surface area contributed by atoms with Crippen molar-refractivity contribution in [3.05, 3.63) is 117 Å². The smallest absolute Gasteiger partial charge is 0.282 e. The number of furan rings is 1. The van der Waals surface area contributed by atoms with Crippen LogP contribution in [-0.4, -0.2) is 30.1 Å². The fourth-order valence-electron chi connectivity index (χ4n) is 4.56. The largest absolute Gasteiger partial charge is 0.496 e. The highest BCUT2D eigenvalue weighted by Gasteiger charge is 2.18. The second-order valence-electron chi connectivity index (χ2n) is 9.21. The van der Waals surface area contributed by atoms with Crippen LogP contribution in [0, 0.1) is 5.82 Å². The number of rotatable bonds is 8. The molecule has 10 heteroatoms. The van der Waals surface area contributed by atoms with Crippen molar-refractivity contribution >= 4 is 39.7 Å². The van der Waals surface area contributed by atoms with E-state index >= 15 is 0 Å². The molecule has 0 amide bonds. The van der Waals surface area contributed by atoms with Crippen molar-refractivity contribution in [1.29, 1.82) is 0 Å². The molecular weight excluding hydrogens is 561 g/mol. The van der Waals surface area contributed by atoms with Gasteiger partial charge in [0.15, 0.2) is 17.3 Å². The number of nitrogens with zero attached hydrogens (tertiary/aromatic N) is 3. The minimum absolute atomic E-state index is 0.0417. The molecule has 0 aliphatic heterocycles. The van der Waals surface area contributed by atoms with Crippen LogP contribution in [0.2, 0.25) is 5.02 Å². The van der Waals surface area contributed by atoms with Gasteiger partial charge in [0.2, 0.25) is 5.82 Å². The number of aromatic nitrogens is 2. The lowest BCUT2D eigenvalue weighted by atomic mass is 10.2. The number of methoxy groups -OCH3 is 2. The van der Waals surface area contributed by atoms with Crippen LogP contribution in [0.3, 0.4) is 0 Å². The topological polar surface area (TPSA) is 88.1 Å². The van der Waals surface area contributed by atoms with Gasteiger partial charge in [-0.2, -0.15) is 9.78 Å². The third-order valence-corrected chi connectivity index (χ3v) is 6.90. The van der Waals surface area contributed by atoms with Gasteiger partial charge in [-0.3, -0.25) is 4.79 Å². The Hall–Kier alpha value is -5.15. The molecule has 6 aromatic rings. The van der Waals surface area contributed by atoms with E-state index in [-0.39, 0.29) is 34.6 Å². The fraction of sp³-hybridized carbons (Fsp3) is 0.0938. The molecule has 0 spiro atoms. The molecule has 0 saturated carbocycles. The van der Waals surface area contributed by atoms with E-state index in [9.17, 15) is 9.18 Å². The van der Waals surface area contributed by atoms with E-state index in [1.807, 2.05) is 12.1 Å². The lowest BCUT2D eigenvalue weighted by Gasteiger charge is -2.14. The summed E-state index contributed by atoms with van der Waals surface area (Å²) in [5.41, 5.74) is 1.58. The normalized spacial score (nSPS) is 11.4. The Morgan fingerprint density at radius 3 is 2.55 bits per heavy atom. The van der Waals surface area contributed by atoms with E-state index in [1.165, 1.54) is 24.1 Å². The first-order valence-corrected chi connectivity index (χ1v) is 13.2. The molecule has 8 nitrogen and oxygen atoms in total. The van der Waals surface area contributed by atoms with Crippen molar-refractivity contribution < 1.29 is 23.0 Å². The van der Waals surface area contributed by atoms with Gasteiger partial charge in [0.1, 0.15) is 23.8 Å². The number of halogens is 2. The molecule has 4 aromatic carbocycles. The van der Waals surface area contributed by atoms with Gasteiger partial charge < -0.3 is 18.6 Å². The second kappa shape index (κ2) is 11.4. The molecule has 0 fully saturated rings. The van der Waals surface area contributed by atoms with E-state index in [0.717, 1.165) is 5.39 Å². The lowest BCUT2D eigenvalue weighted by Crippen LogP contribution is -2.20. The van der Waals surface area contributed by atoms with Gasteiger partial charge in [0.05, 0.1) is 41.7 Å². The highest BCUT2D eigenvalue weighted by molar-refractivity contribution is 6.32. The molecule has 0 radical (unpaired) electrons. The Balaban J connectivity index is 1.41. The third kappa shape index (κ3) is 5.06. The number of hydrogen-bond acceptors (Lipinski definition) is 7. The van der Waals surface area contributed by atoms with Gasteiger partial charge >= 0.3 is 0 Å². The quantitative estimate of drug-likeness (QED) is 0.178. The lowest BCUT2D eigenvalue weighted by molar-refractivity contribution is 0.280. The van der Waals surface area contributed by atoms with Crippen LogP contribution in [0.1, 0.15) is 11.1 Å². The van der Waals surface area contributed by atoms with Gasteiger partial charge in [-0.1, -0.05) is 48.0 Å². The van der Waals surface area contributed by atoms with Crippen LogP contribution in [0.5, 0.6) is 17.2 Å². The van der Waals surface area contributed by atoms with E-state index in [2.05, 4.69) is 5.10 Å². The Labute approximate surface area is 244 Å². The predicted octanol–water partition coefficient (Wildman–Crippen LogP) is 7.08. The summed E-state index contributed by atoms with van der Waals surface area (Å²) >= 11 is 6.54. The van der Waals surface area contributed by atoms with Crippen LogP contribution >= 0.6 is 11.6 Å². The van der Waals surface area contributed by atoms with Gasteiger partial charge in [-0.05, 0) is 54.1 Å². The predicted molar refractivity (Wildman–Crippen MR) is 159 cm³/mol. The van der Waals surface area contributed by atoms with Gasteiger partial charge in [-0.25, -0.2) is 9.37 Å². The number of hydrogen-bond donors (Lipinski definition) is 0. The summed E-state index contributed by atoms with van der Waals surface area (Å²) in [7, 11) is 3.04. The van der Waals surface area contributed by atoms with Crippen molar-refractivity contribution in [2.45, 2.75) is 6.61 Å². The van der Waals surface area contributed by atoms with Crippen molar-refractivity contribution in [1.82, 2.24) is 9.66 Å². The first-order chi connectivity index (χ1) is 20.5. The summed E-state index contributed by atoms with van der Waals surface area (Å²) in [6.45, 7) is -0.0417. The van der Waals surface area contributed by atoms with Crippen molar-refractivity contribution in [2.24, 2.45) is 5.10 Å². The molecule has 0 aliphatic rings. The van der Waals surface area contributed by atoms with Crippen molar-refractivity contribution in [2.75, 3.05) is 14.2 Å². The van der Waals surface area contributed by atoms with Crippen LogP contribution in [0.15, 0.2) is 99.2 Å². The van der Waals surface area contributed by atoms with Crippen LogP contribution in [0.4, 0.5) is 4.39 Å². The molecule has 0 unspecified atom stereocenters. The van der Waals surface area contributed by atoms with Gasteiger partial charge in [0.25, 0.3) is 5.56 Å². The molecule has 2 heterocycles. The molecule has 0 atom stereocenters. The Morgan fingerprint density at radius 2 is 1.74 bits per heavy atom. The highest BCUT2D eigenvalue weighted by Crippen LogP contribution is 2.37. The Bertz CT molecular complexity index is 2040. The third-order valence-electron chi connectivity index (χ3n) is 6.62.